The quantitative estimate of drug-likeness (QED) is 0.869. The molecule has 0 radical (unpaired) electrons. The summed E-state index contributed by atoms with van der Waals surface area (Å²) in [4.78, 5) is 11.9. The van der Waals surface area contributed by atoms with E-state index in [1.807, 2.05) is 22.9 Å². The fraction of sp³-hybridized carbons (Fsp3) is 0.353. The Balaban J connectivity index is 2.00. The second-order valence-electron chi connectivity index (χ2n) is 5.56. The highest BCUT2D eigenvalue weighted by molar-refractivity contribution is 5.78. The van der Waals surface area contributed by atoms with Crippen LogP contribution in [0.15, 0.2) is 42.6 Å². The molecule has 21 heavy (non-hydrogen) atoms. The van der Waals surface area contributed by atoms with Gasteiger partial charge in [-0.25, -0.2) is 4.39 Å². The van der Waals surface area contributed by atoms with Crippen LogP contribution in [-0.4, -0.2) is 17.0 Å². The zero-order valence-electron chi connectivity index (χ0n) is 12.5. The van der Waals surface area contributed by atoms with Gasteiger partial charge in [0.25, 0.3) is 0 Å². The molecule has 1 aromatic heterocycles. The van der Waals surface area contributed by atoms with Crippen molar-refractivity contribution in [2.24, 2.45) is 5.92 Å². The topological polar surface area (TPSA) is 34.0 Å². The largest absolute Gasteiger partial charge is 0.356 e. The number of carbonyl (C=O) groups is 1. The van der Waals surface area contributed by atoms with Crippen molar-refractivity contribution >= 4 is 5.91 Å². The summed E-state index contributed by atoms with van der Waals surface area (Å²) in [6, 6.07) is 10.0. The van der Waals surface area contributed by atoms with Crippen LogP contribution in [0.2, 0.25) is 0 Å². The molecule has 4 heteroatoms. The molecule has 112 valence electrons. The van der Waals surface area contributed by atoms with Crippen LogP contribution in [0.1, 0.15) is 26.0 Å². The van der Waals surface area contributed by atoms with E-state index in [0.717, 1.165) is 17.8 Å². The smallest absolute Gasteiger partial charge is 0.225 e. The third-order valence-electron chi connectivity index (χ3n) is 3.32. The Hall–Kier alpha value is -2.10. The predicted octanol–water partition coefficient (Wildman–Crippen LogP) is 3.32. The van der Waals surface area contributed by atoms with Crippen LogP contribution in [0.3, 0.4) is 0 Å². The molecule has 0 aliphatic heterocycles. The van der Waals surface area contributed by atoms with E-state index in [1.54, 1.807) is 12.1 Å². The lowest BCUT2D eigenvalue weighted by Crippen LogP contribution is -2.27. The molecule has 0 spiro atoms. The summed E-state index contributed by atoms with van der Waals surface area (Å²) in [5.74, 6) is 0.324. The first-order valence-electron chi connectivity index (χ1n) is 7.25. The third-order valence-corrected chi connectivity index (χ3v) is 3.32. The number of amides is 1. The average molecular weight is 288 g/mol. The molecular formula is C17H21FN2O. The fourth-order valence-electron chi connectivity index (χ4n) is 2.14. The fourth-order valence-corrected chi connectivity index (χ4v) is 2.14. The van der Waals surface area contributed by atoms with Gasteiger partial charge in [-0.15, -0.1) is 0 Å². The molecule has 0 saturated heterocycles. The van der Waals surface area contributed by atoms with Crippen LogP contribution in [0.4, 0.5) is 4.39 Å². The minimum Gasteiger partial charge on any atom is -0.356 e. The molecular weight excluding hydrogens is 267 g/mol. The van der Waals surface area contributed by atoms with Crippen LogP contribution >= 0.6 is 0 Å². The molecule has 3 nitrogen and oxygen atoms in total. The Kier molecular flexibility index (Phi) is 5.14. The van der Waals surface area contributed by atoms with Crippen molar-refractivity contribution in [1.82, 2.24) is 9.88 Å². The minimum absolute atomic E-state index is 0.0118. The van der Waals surface area contributed by atoms with Crippen molar-refractivity contribution in [3.63, 3.8) is 0 Å². The molecule has 0 bridgehead atoms. The van der Waals surface area contributed by atoms with E-state index in [4.69, 9.17) is 0 Å². The summed E-state index contributed by atoms with van der Waals surface area (Å²) in [7, 11) is 0. The maximum Gasteiger partial charge on any atom is 0.225 e. The van der Waals surface area contributed by atoms with Crippen molar-refractivity contribution < 1.29 is 9.18 Å². The number of hydrogen-bond acceptors (Lipinski definition) is 1. The van der Waals surface area contributed by atoms with Gasteiger partial charge in [-0.1, -0.05) is 13.8 Å². The van der Waals surface area contributed by atoms with E-state index in [2.05, 4.69) is 19.2 Å². The van der Waals surface area contributed by atoms with Gasteiger partial charge in [0.2, 0.25) is 5.91 Å². The summed E-state index contributed by atoms with van der Waals surface area (Å²) in [6.07, 6.45) is 3.18. The zero-order chi connectivity index (χ0) is 15.2. The Bertz CT molecular complexity index is 587. The number of benzene rings is 1. The maximum atomic E-state index is 13.0. The highest BCUT2D eigenvalue weighted by atomic mass is 19.1. The molecule has 0 fully saturated rings. The molecule has 0 saturated carbocycles. The molecule has 0 unspecified atom stereocenters. The first-order chi connectivity index (χ1) is 10.1. The molecule has 2 aromatic rings. The highest BCUT2D eigenvalue weighted by Gasteiger charge is 2.09. The Morgan fingerprint density at radius 1 is 1.24 bits per heavy atom. The van der Waals surface area contributed by atoms with Crippen molar-refractivity contribution in [2.45, 2.75) is 26.7 Å². The van der Waals surface area contributed by atoms with E-state index in [0.29, 0.717) is 18.9 Å². The number of rotatable bonds is 6. The summed E-state index contributed by atoms with van der Waals surface area (Å²) in [6.45, 7) is 4.96. The molecule has 0 atom stereocenters. The number of carbonyl (C=O) groups excluding carboxylic acids is 1. The first-order valence-corrected chi connectivity index (χ1v) is 7.25. The van der Waals surface area contributed by atoms with Gasteiger partial charge in [0.15, 0.2) is 0 Å². The van der Waals surface area contributed by atoms with Crippen LogP contribution in [0.5, 0.6) is 0 Å². The second kappa shape index (κ2) is 7.07. The number of nitrogens with one attached hydrogen (secondary N) is 1. The van der Waals surface area contributed by atoms with Gasteiger partial charge in [-0.2, -0.15) is 0 Å². The van der Waals surface area contributed by atoms with Crippen molar-refractivity contribution in [3.8, 4) is 5.69 Å². The van der Waals surface area contributed by atoms with Crippen LogP contribution < -0.4 is 5.32 Å². The summed E-state index contributed by atoms with van der Waals surface area (Å²) >= 11 is 0. The predicted molar refractivity (Wildman–Crippen MR) is 81.9 cm³/mol. The monoisotopic (exact) mass is 288 g/mol. The SMILES string of the molecule is CC(C)CCNC(=O)Cc1cccn1-c1ccc(F)cc1. The summed E-state index contributed by atoms with van der Waals surface area (Å²) < 4.78 is 14.9. The Labute approximate surface area is 124 Å². The van der Waals surface area contributed by atoms with Gasteiger partial charge in [0, 0.05) is 24.1 Å². The van der Waals surface area contributed by atoms with Gasteiger partial charge in [0.1, 0.15) is 5.82 Å². The molecule has 1 N–H and O–H groups in total. The number of nitrogens with zero attached hydrogens (tertiary/aromatic N) is 1. The van der Waals surface area contributed by atoms with Crippen molar-refractivity contribution in [2.75, 3.05) is 6.54 Å². The van der Waals surface area contributed by atoms with Crippen molar-refractivity contribution in [1.29, 1.82) is 0 Å². The standard InChI is InChI=1S/C17H21FN2O/c1-13(2)9-10-19-17(21)12-16-4-3-11-20(16)15-7-5-14(18)6-8-15/h3-8,11,13H,9-10,12H2,1-2H3,(H,19,21). The number of hydrogen-bond donors (Lipinski definition) is 1. The lowest BCUT2D eigenvalue weighted by Gasteiger charge is -2.10. The van der Waals surface area contributed by atoms with E-state index in [-0.39, 0.29) is 11.7 Å². The van der Waals surface area contributed by atoms with Crippen LogP contribution in [-0.2, 0) is 11.2 Å². The molecule has 0 aliphatic carbocycles. The molecule has 2 rings (SSSR count). The molecule has 1 aromatic carbocycles. The van der Waals surface area contributed by atoms with Gasteiger partial charge in [-0.3, -0.25) is 4.79 Å². The van der Waals surface area contributed by atoms with Crippen LogP contribution in [0, 0.1) is 11.7 Å². The average Bonchev–Trinajstić information content (AvgIpc) is 2.87. The molecule has 0 aliphatic rings. The lowest BCUT2D eigenvalue weighted by molar-refractivity contribution is -0.120. The number of halogens is 1. The molecule has 1 amide bonds. The zero-order valence-corrected chi connectivity index (χ0v) is 12.5. The minimum atomic E-state index is -0.265. The third kappa shape index (κ3) is 4.45. The lowest BCUT2D eigenvalue weighted by atomic mass is 10.1. The van der Waals surface area contributed by atoms with E-state index in [9.17, 15) is 9.18 Å². The van der Waals surface area contributed by atoms with Gasteiger partial charge in [0.05, 0.1) is 6.42 Å². The highest BCUT2D eigenvalue weighted by Crippen LogP contribution is 2.14. The Morgan fingerprint density at radius 3 is 2.62 bits per heavy atom. The summed E-state index contributed by atoms with van der Waals surface area (Å²) in [5.41, 5.74) is 1.75. The molecule has 1 heterocycles. The van der Waals surface area contributed by atoms with E-state index in [1.165, 1.54) is 12.1 Å². The van der Waals surface area contributed by atoms with E-state index < -0.39 is 0 Å². The second-order valence-corrected chi connectivity index (χ2v) is 5.56. The Morgan fingerprint density at radius 2 is 1.95 bits per heavy atom. The normalized spacial score (nSPS) is 10.9. The van der Waals surface area contributed by atoms with Crippen molar-refractivity contribution in [3.05, 3.63) is 54.1 Å². The summed E-state index contributed by atoms with van der Waals surface area (Å²) in [5, 5.41) is 2.93. The number of aromatic nitrogens is 1. The van der Waals surface area contributed by atoms with Gasteiger partial charge in [-0.05, 0) is 48.7 Å². The first kappa shape index (κ1) is 15.3. The maximum absolute atomic E-state index is 13.0. The van der Waals surface area contributed by atoms with E-state index >= 15 is 0 Å². The van der Waals surface area contributed by atoms with Crippen LogP contribution in [0.25, 0.3) is 5.69 Å². The van der Waals surface area contributed by atoms with Gasteiger partial charge >= 0.3 is 0 Å². The van der Waals surface area contributed by atoms with Gasteiger partial charge < -0.3 is 9.88 Å².